The van der Waals surface area contributed by atoms with Crippen LogP contribution < -0.4 is 10.5 Å². The van der Waals surface area contributed by atoms with Gasteiger partial charge in [-0.05, 0) is 61.1 Å². The Labute approximate surface area is 119 Å². The minimum atomic E-state index is 0.00374. The normalized spacial score (nSPS) is 14.9. The van der Waals surface area contributed by atoms with Crippen molar-refractivity contribution in [3.05, 3.63) is 53.3 Å². The van der Waals surface area contributed by atoms with Crippen molar-refractivity contribution >= 4 is 0 Å². The van der Waals surface area contributed by atoms with Gasteiger partial charge in [-0.25, -0.2) is 0 Å². The summed E-state index contributed by atoms with van der Waals surface area (Å²) in [5, 5.41) is 0. The molecule has 1 aromatic carbocycles. The molecule has 0 radical (unpaired) electrons. The highest BCUT2D eigenvalue weighted by Crippen LogP contribution is 2.29. The Morgan fingerprint density at radius 3 is 2.70 bits per heavy atom. The van der Waals surface area contributed by atoms with Gasteiger partial charge in [-0.2, -0.15) is 0 Å². The molecular weight excluding hydrogens is 248 g/mol. The van der Waals surface area contributed by atoms with Crippen LogP contribution in [0.3, 0.4) is 0 Å². The molecule has 0 bridgehead atoms. The van der Waals surface area contributed by atoms with E-state index in [9.17, 15) is 0 Å². The van der Waals surface area contributed by atoms with Crippen molar-refractivity contribution in [3.63, 3.8) is 0 Å². The van der Waals surface area contributed by atoms with E-state index >= 15 is 0 Å². The molecule has 0 aliphatic heterocycles. The summed E-state index contributed by atoms with van der Waals surface area (Å²) in [6.45, 7) is 2.06. The lowest BCUT2D eigenvalue weighted by Gasteiger charge is -2.10. The van der Waals surface area contributed by atoms with Crippen molar-refractivity contribution in [2.45, 2.75) is 38.6 Å². The number of hydrogen-bond donors (Lipinski definition) is 1. The minimum Gasteiger partial charge on any atom is -0.456 e. The van der Waals surface area contributed by atoms with E-state index in [4.69, 9.17) is 10.5 Å². The standard InChI is InChI=1S/C17H20N2O/c1-2-16(18)17-9-8-15(11-19-17)20-14-7-6-12-4-3-5-13(12)10-14/h6-11,16H,2-5,18H2,1H3/t16-/m1/s1. The van der Waals surface area contributed by atoms with Crippen molar-refractivity contribution < 1.29 is 4.74 Å². The molecule has 3 heteroatoms. The van der Waals surface area contributed by atoms with Gasteiger partial charge in [-0.3, -0.25) is 4.98 Å². The molecule has 3 nitrogen and oxygen atoms in total. The molecule has 1 aliphatic carbocycles. The molecule has 0 fully saturated rings. The summed E-state index contributed by atoms with van der Waals surface area (Å²) in [6, 6.07) is 10.2. The molecule has 1 aromatic heterocycles. The van der Waals surface area contributed by atoms with E-state index in [2.05, 4.69) is 24.0 Å². The maximum atomic E-state index is 5.96. The maximum Gasteiger partial charge on any atom is 0.145 e. The molecule has 0 spiro atoms. The molecule has 20 heavy (non-hydrogen) atoms. The predicted octanol–water partition coefficient (Wildman–Crippen LogP) is 3.77. The van der Waals surface area contributed by atoms with Crippen LogP contribution in [-0.4, -0.2) is 4.98 Å². The highest BCUT2D eigenvalue weighted by molar-refractivity contribution is 5.40. The van der Waals surface area contributed by atoms with Crippen LogP contribution in [0.4, 0.5) is 0 Å². The van der Waals surface area contributed by atoms with Gasteiger partial charge in [0.1, 0.15) is 11.5 Å². The first-order valence-electron chi connectivity index (χ1n) is 7.27. The van der Waals surface area contributed by atoms with E-state index in [-0.39, 0.29) is 6.04 Å². The van der Waals surface area contributed by atoms with Crippen LogP contribution in [0.5, 0.6) is 11.5 Å². The Morgan fingerprint density at radius 2 is 1.95 bits per heavy atom. The van der Waals surface area contributed by atoms with Crippen LogP contribution >= 0.6 is 0 Å². The Balaban J connectivity index is 1.74. The van der Waals surface area contributed by atoms with E-state index in [1.54, 1.807) is 6.20 Å². The molecule has 1 heterocycles. The van der Waals surface area contributed by atoms with Gasteiger partial charge in [-0.1, -0.05) is 13.0 Å². The summed E-state index contributed by atoms with van der Waals surface area (Å²) < 4.78 is 5.87. The molecular formula is C17H20N2O. The molecule has 104 valence electrons. The molecule has 2 aromatic rings. The van der Waals surface area contributed by atoms with E-state index < -0.39 is 0 Å². The summed E-state index contributed by atoms with van der Waals surface area (Å²) in [5.41, 5.74) is 9.74. The average Bonchev–Trinajstić information content (AvgIpc) is 2.95. The molecule has 0 saturated carbocycles. The van der Waals surface area contributed by atoms with Crippen LogP contribution in [0, 0.1) is 0 Å². The molecule has 2 N–H and O–H groups in total. The third kappa shape index (κ3) is 2.68. The van der Waals surface area contributed by atoms with Gasteiger partial charge in [0.2, 0.25) is 0 Å². The third-order valence-corrected chi connectivity index (χ3v) is 3.88. The summed E-state index contributed by atoms with van der Waals surface area (Å²) in [6.07, 6.45) is 6.25. The first-order valence-corrected chi connectivity index (χ1v) is 7.27. The number of rotatable bonds is 4. The van der Waals surface area contributed by atoms with Gasteiger partial charge < -0.3 is 10.5 Å². The zero-order valence-corrected chi connectivity index (χ0v) is 11.8. The molecule has 1 atom stereocenters. The largest absolute Gasteiger partial charge is 0.456 e. The average molecular weight is 268 g/mol. The fourth-order valence-corrected chi connectivity index (χ4v) is 2.63. The first-order chi connectivity index (χ1) is 9.76. The fraction of sp³-hybridized carbons (Fsp3) is 0.353. The summed E-state index contributed by atoms with van der Waals surface area (Å²) in [4.78, 5) is 4.37. The van der Waals surface area contributed by atoms with E-state index in [0.29, 0.717) is 0 Å². The van der Waals surface area contributed by atoms with Gasteiger partial charge in [0.25, 0.3) is 0 Å². The zero-order valence-electron chi connectivity index (χ0n) is 11.8. The number of nitrogens with two attached hydrogens (primary N) is 1. The molecule has 0 saturated heterocycles. The van der Waals surface area contributed by atoms with Gasteiger partial charge in [-0.15, -0.1) is 0 Å². The second-order valence-corrected chi connectivity index (χ2v) is 5.32. The van der Waals surface area contributed by atoms with Crippen LogP contribution in [0.2, 0.25) is 0 Å². The van der Waals surface area contributed by atoms with Crippen LogP contribution in [-0.2, 0) is 12.8 Å². The highest BCUT2D eigenvalue weighted by atomic mass is 16.5. The molecule has 3 rings (SSSR count). The first kappa shape index (κ1) is 13.1. The quantitative estimate of drug-likeness (QED) is 0.918. The summed E-state index contributed by atoms with van der Waals surface area (Å²) in [5.74, 6) is 1.65. The van der Waals surface area contributed by atoms with Crippen LogP contribution in [0.1, 0.15) is 42.6 Å². The number of hydrogen-bond acceptors (Lipinski definition) is 3. The Kier molecular flexibility index (Phi) is 3.70. The van der Waals surface area contributed by atoms with Gasteiger partial charge >= 0.3 is 0 Å². The lowest BCUT2D eigenvalue weighted by atomic mass is 10.1. The summed E-state index contributed by atoms with van der Waals surface area (Å²) >= 11 is 0. The van der Waals surface area contributed by atoms with Gasteiger partial charge in [0, 0.05) is 6.04 Å². The second kappa shape index (κ2) is 5.63. The van der Waals surface area contributed by atoms with Crippen molar-refractivity contribution in [1.29, 1.82) is 0 Å². The Morgan fingerprint density at radius 1 is 1.15 bits per heavy atom. The lowest BCUT2D eigenvalue weighted by molar-refractivity contribution is 0.478. The van der Waals surface area contributed by atoms with Crippen molar-refractivity contribution in [3.8, 4) is 11.5 Å². The lowest BCUT2D eigenvalue weighted by Crippen LogP contribution is -2.10. The number of fused-ring (bicyclic) bond motifs is 1. The molecule has 1 aliphatic rings. The molecule has 0 amide bonds. The van der Waals surface area contributed by atoms with E-state index in [1.165, 1.54) is 24.0 Å². The van der Waals surface area contributed by atoms with Gasteiger partial charge in [0.15, 0.2) is 0 Å². The smallest absolute Gasteiger partial charge is 0.145 e. The Bertz CT molecular complexity index is 592. The van der Waals surface area contributed by atoms with Crippen molar-refractivity contribution in [1.82, 2.24) is 4.98 Å². The van der Waals surface area contributed by atoms with E-state index in [1.807, 2.05) is 18.2 Å². The third-order valence-electron chi connectivity index (χ3n) is 3.88. The second-order valence-electron chi connectivity index (χ2n) is 5.32. The van der Waals surface area contributed by atoms with E-state index in [0.717, 1.165) is 30.0 Å². The number of nitrogens with zero attached hydrogens (tertiary/aromatic N) is 1. The minimum absolute atomic E-state index is 0.00374. The van der Waals surface area contributed by atoms with Crippen molar-refractivity contribution in [2.24, 2.45) is 5.73 Å². The predicted molar refractivity (Wildman–Crippen MR) is 80.0 cm³/mol. The highest BCUT2D eigenvalue weighted by Gasteiger charge is 2.11. The topological polar surface area (TPSA) is 48.1 Å². The Hall–Kier alpha value is -1.87. The maximum absolute atomic E-state index is 5.96. The monoisotopic (exact) mass is 268 g/mol. The zero-order chi connectivity index (χ0) is 13.9. The number of ether oxygens (including phenoxy) is 1. The fourth-order valence-electron chi connectivity index (χ4n) is 2.63. The number of benzene rings is 1. The molecule has 0 unspecified atom stereocenters. The SMILES string of the molecule is CC[C@@H](N)c1ccc(Oc2ccc3c(c2)CCC3)cn1. The summed E-state index contributed by atoms with van der Waals surface area (Å²) in [7, 11) is 0. The van der Waals surface area contributed by atoms with Crippen LogP contribution in [0.15, 0.2) is 36.5 Å². The van der Waals surface area contributed by atoms with Gasteiger partial charge in [0.05, 0.1) is 11.9 Å². The number of pyridine rings is 1. The van der Waals surface area contributed by atoms with Crippen molar-refractivity contribution in [2.75, 3.05) is 0 Å². The van der Waals surface area contributed by atoms with Crippen LogP contribution in [0.25, 0.3) is 0 Å². The number of aromatic nitrogens is 1. The number of aryl methyl sites for hydroxylation is 2.